The summed E-state index contributed by atoms with van der Waals surface area (Å²) in [5, 5.41) is 10.7. The Morgan fingerprint density at radius 2 is 1.94 bits per heavy atom. The van der Waals surface area contributed by atoms with Crippen LogP contribution < -0.4 is 9.47 Å². The van der Waals surface area contributed by atoms with Crippen molar-refractivity contribution in [2.75, 3.05) is 7.11 Å². The second-order valence-corrected chi connectivity index (χ2v) is 3.71. The lowest BCUT2D eigenvalue weighted by Crippen LogP contribution is -2.19. The van der Waals surface area contributed by atoms with Crippen LogP contribution in [0.5, 0.6) is 11.5 Å². The summed E-state index contributed by atoms with van der Waals surface area (Å²) < 4.78 is 57.1. The maximum atomic E-state index is 13.3. The first kappa shape index (κ1) is 14.5. The van der Waals surface area contributed by atoms with Gasteiger partial charge in [-0.3, -0.25) is 10.1 Å². The summed E-state index contributed by atoms with van der Waals surface area (Å²) in [5.41, 5.74) is -1.25. The van der Waals surface area contributed by atoms with E-state index >= 15 is 0 Å². The van der Waals surface area contributed by atoms with E-state index in [1.807, 2.05) is 0 Å². The van der Waals surface area contributed by atoms with Crippen molar-refractivity contribution >= 4 is 21.6 Å². The monoisotopic (exact) mass is 333 g/mol. The third-order valence-corrected chi connectivity index (χ3v) is 2.31. The number of nitrogens with zero attached hydrogens (tertiary/aromatic N) is 1. The molecule has 100 valence electrons. The van der Waals surface area contributed by atoms with Gasteiger partial charge in [0.1, 0.15) is 0 Å². The van der Waals surface area contributed by atoms with Gasteiger partial charge < -0.3 is 9.47 Å². The number of hydrogen-bond acceptors (Lipinski definition) is 4. The highest BCUT2D eigenvalue weighted by Gasteiger charge is 2.39. The Kier molecular flexibility index (Phi) is 3.99. The van der Waals surface area contributed by atoms with E-state index in [-0.39, 0.29) is 4.47 Å². The molecule has 0 saturated carbocycles. The average Bonchev–Trinajstić information content (AvgIpc) is 2.19. The number of alkyl halides is 3. The zero-order chi connectivity index (χ0) is 14.1. The Morgan fingerprint density at radius 3 is 2.33 bits per heavy atom. The third kappa shape index (κ3) is 3.00. The van der Waals surface area contributed by atoms with E-state index in [2.05, 4.69) is 25.4 Å². The zero-order valence-corrected chi connectivity index (χ0v) is 10.1. The lowest BCUT2D eigenvalue weighted by Gasteiger charge is -2.12. The standard InChI is InChI=1S/C8H4BrF4NO4/c1-17-6-3(9)2-4(10)7(5(6)14(15)16)18-8(11,12)13/h2H,1H3. The van der Waals surface area contributed by atoms with Gasteiger partial charge in [0.05, 0.1) is 16.5 Å². The van der Waals surface area contributed by atoms with Crippen LogP contribution in [0.25, 0.3) is 0 Å². The Balaban J connectivity index is 3.53. The van der Waals surface area contributed by atoms with Crippen LogP contribution in [0, 0.1) is 15.9 Å². The fourth-order valence-corrected chi connectivity index (χ4v) is 1.70. The van der Waals surface area contributed by atoms with Gasteiger partial charge in [0, 0.05) is 0 Å². The Bertz CT molecular complexity index is 491. The molecule has 0 aliphatic heterocycles. The number of halogens is 5. The molecule has 0 radical (unpaired) electrons. The minimum absolute atomic E-state index is 0.205. The van der Waals surface area contributed by atoms with Crippen molar-refractivity contribution in [2.45, 2.75) is 6.36 Å². The van der Waals surface area contributed by atoms with Gasteiger partial charge in [-0.1, -0.05) is 0 Å². The van der Waals surface area contributed by atoms with Crippen LogP contribution in [-0.2, 0) is 0 Å². The van der Waals surface area contributed by atoms with Gasteiger partial charge >= 0.3 is 12.0 Å². The fourth-order valence-electron chi connectivity index (χ4n) is 1.14. The first-order valence-electron chi connectivity index (χ1n) is 4.13. The predicted molar refractivity (Wildman–Crippen MR) is 54.0 cm³/mol. The number of hydrogen-bond donors (Lipinski definition) is 0. The SMILES string of the molecule is COc1c(Br)cc(F)c(OC(F)(F)F)c1[N+](=O)[O-]. The summed E-state index contributed by atoms with van der Waals surface area (Å²) in [5.74, 6) is -3.65. The van der Waals surface area contributed by atoms with Crippen LogP contribution in [-0.4, -0.2) is 18.4 Å². The largest absolute Gasteiger partial charge is 0.573 e. The van der Waals surface area contributed by atoms with Gasteiger partial charge in [0.15, 0.2) is 5.82 Å². The van der Waals surface area contributed by atoms with Crippen LogP contribution in [0.3, 0.4) is 0 Å². The van der Waals surface area contributed by atoms with Crippen molar-refractivity contribution < 1.29 is 32.0 Å². The first-order chi connectivity index (χ1) is 8.17. The highest BCUT2D eigenvalue weighted by atomic mass is 79.9. The van der Waals surface area contributed by atoms with Crippen molar-refractivity contribution in [3.63, 3.8) is 0 Å². The summed E-state index contributed by atoms with van der Waals surface area (Å²) in [6, 6.07) is 0.576. The topological polar surface area (TPSA) is 61.6 Å². The Hall–Kier alpha value is -1.58. The molecule has 5 nitrogen and oxygen atoms in total. The molecular formula is C8H4BrF4NO4. The molecule has 0 aliphatic rings. The molecule has 0 spiro atoms. The molecule has 0 unspecified atom stereocenters. The molecule has 0 N–H and O–H groups in total. The van der Waals surface area contributed by atoms with Crippen molar-refractivity contribution in [2.24, 2.45) is 0 Å². The van der Waals surface area contributed by atoms with E-state index in [1.165, 1.54) is 0 Å². The Morgan fingerprint density at radius 1 is 1.39 bits per heavy atom. The minimum atomic E-state index is -5.26. The van der Waals surface area contributed by atoms with Crippen LogP contribution >= 0.6 is 15.9 Å². The smallest absolute Gasteiger partial charge is 0.489 e. The summed E-state index contributed by atoms with van der Waals surface area (Å²) in [6.45, 7) is 0. The molecule has 1 aromatic rings. The maximum Gasteiger partial charge on any atom is 0.573 e. The molecule has 18 heavy (non-hydrogen) atoms. The van der Waals surface area contributed by atoms with Gasteiger partial charge in [0.2, 0.25) is 11.5 Å². The average molecular weight is 334 g/mol. The van der Waals surface area contributed by atoms with Gasteiger partial charge in [-0.25, -0.2) is 4.39 Å². The summed E-state index contributed by atoms with van der Waals surface area (Å²) in [6.07, 6.45) is -5.26. The number of rotatable bonds is 3. The van der Waals surface area contributed by atoms with E-state index in [0.29, 0.717) is 6.07 Å². The molecule has 10 heteroatoms. The second-order valence-electron chi connectivity index (χ2n) is 2.86. The lowest BCUT2D eigenvalue weighted by atomic mass is 10.2. The number of nitro groups is 1. The lowest BCUT2D eigenvalue weighted by molar-refractivity contribution is -0.389. The normalized spacial score (nSPS) is 11.2. The van der Waals surface area contributed by atoms with E-state index in [1.54, 1.807) is 0 Å². The molecule has 0 bridgehead atoms. The molecule has 1 aromatic carbocycles. The maximum absolute atomic E-state index is 13.3. The van der Waals surface area contributed by atoms with Crippen molar-refractivity contribution in [1.82, 2.24) is 0 Å². The second kappa shape index (κ2) is 4.96. The van der Waals surface area contributed by atoms with Crippen molar-refractivity contribution in [3.05, 3.63) is 26.5 Å². The molecule has 0 saturated heterocycles. The van der Waals surface area contributed by atoms with Crippen LogP contribution in [0.2, 0.25) is 0 Å². The quantitative estimate of drug-likeness (QED) is 0.483. The van der Waals surface area contributed by atoms with E-state index in [0.717, 1.165) is 7.11 Å². The van der Waals surface area contributed by atoms with E-state index in [9.17, 15) is 27.7 Å². The third-order valence-electron chi connectivity index (χ3n) is 1.72. The fraction of sp³-hybridized carbons (Fsp3) is 0.250. The molecule has 0 heterocycles. The van der Waals surface area contributed by atoms with Crippen LogP contribution in [0.4, 0.5) is 23.2 Å². The Labute approximate surface area is 106 Å². The van der Waals surface area contributed by atoms with E-state index < -0.39 is 34.3 Å². The van der Waals surface area contributed by atoms with Gasteiger partial charge in [-0.15, -0.1) is 13.2 Å². The van der Waals surface area contributed by atoms with Gasteiger partial charge in [-0.2, -0.15) is 0 Å². The summed E-state index contributed by atoms with van der Waals surface area (Å²) >= 11 is 2.73. The summed E-state index contributed by atoms with van der Waals surface area (Å²) in [7, 11) is 0.988. The zero-order valence-electron chi connectivity index (χ0n) is 8.55. The van der Waals surface area contributed by atoms with Gasteiger partial charge in [-0.05, 0) is 22.0 Å². The molecule has 0 fully saturated rings. The van der Waals surface area contributed by atoms with Crippen LogP contribution in [0.1, 0.15) is 0 Å². The highest BCUT2D eigenvalue weighted by Crippen LogP contribution is 2.45. The molecule has 0 amide bonds. The molecule has 0 atom stereocenters. The highest BCUT2D eigenvalue weighted by molar-refractivity contribution is 9.10. The number of benzene rings is 1. The van der Waals surface area contributed by atoms with Gasteiger partial charge in [0.25, 0.3) is 0 Å². The number of methoxy groups -OCH3 is 1. The molecule has 0 aromatic heterocycles. The molecule has 0 aliphatic carbocycles. The van der Waals surface area contributed by atoms with E-state index in [4.69, 9.17) is 0 Å². The van der Waals surface area contributed by atoms with Crippen molar-refractivity contribution in [3.8, 4) is 11.5 Å². The first-order valence-corrected chi connectivity index (χ1v) is 4.92. The van der Waals surface area contributed by atoms with Crippen molar-refractivity contribution in [1.29, 1.82) is 0 Å². The molecule has 1 rings (SSSR count). The predicted octanol–water partition coefficient (Wildman–Crippen LogP) is 3.40. The summed E-state index contributed by atoms with van der Waals surface area (Å²) in [4.78, 5) is 9.45. The minimum Gasteiger partial charge on any atom is -0.489 e. The molecular weight excluding hydrogens is 330 g/mol. The number of nitro benzene ring substituents is 1. The van der Waals surface area contributed by atoms with Crippen LogP contribution in [0.15, 0.2) is 10.5 Å². The number of ether oxygens (including phenoxy) is 2.